The number of carbonyl (C=O) groups excluding carboxylic acids is 3. The molecule has 1 saturated heterocycles. The first kappa shape index (κ1) is 29.5. The number of aromatic nitrogens is 1. The SMILES string of the molecule is O=C(Cn1c2c(sc1=O)[C@@H](c1cccc(Cl)c1Cl)[C@@H]1C(=O)N(c3ccccc3)C(=O)[C@@H]1S2)Nc1cccc(C(F)(F)F)c1. The molecule has 0 unspecified atom stereocenters. The molecule has 3 aromatic carbocycles. The molecule has 3 amide bonds. The molecule has 4 aromatic rings. The van der Waals surface area contributed by atoms with Crippen molar-refractivity contribution >= 4 is 75.4 Å². The summed E-state index contributed by atoms with van der Waals surface area (Å²) in [7, 11) is 0. The number of nitrogens with one attached hydrogen (secondary N) is 1. The normalized spacial score (nSPS) is 19.7. The van der Waals surface area contributed by atoms with E-state index in [1.54, 1.807) is 48.5 Å². The van der Waals surface area contributed by atoms with Gasteiger partial charge in [0, 0.05) is 16.5 Å². The van der Waals surface area contributed by atoms with Crippen molar-refractivity contribution in [2.75, 3.05) is 10.2 Å². The van der Waals surface area contributed by atoms with Crippen LogP contribution in [0.3, 0.4) is 0 Å². The van der Waals surface area contributed by atoms with Crippen LogP contribution in [-0.4, -0.2) is 27.5 Å². The summed E-state index contributed by atoms with van der Waals surface area (Å²) >= 11 is 14.8. The van der Waals surface area contributed by atoms with Gasteiger partial charge < -0.3 is 5.32 Å². The number of nitrogens with zero attached hydrogens (tertiary/aromatic N) is 2. The predicted molar refractivity (Wildman–Crippen MR) is 159 cm³/mol. The van der Waals surface area contributed by atoms with Gasteiger partial charge >= 0.3 is 11.0 Å². The zero-order chi connectivity index (χ0) is 30.6. The molecule has 220 valence electrons. The molecule has 14 heteroatoms. The zero-order valence-electron chi connectivity index (χ0n) is 21.6. The number of para-hydroxylation sites is 1. The monoisotopic (exact) mass is 663 g/mol. The maximum absolute atomic E-state index is 13.9. The van der Waals surface area contributed by atoms with Crippen LogP contribution in [0.5, 0.6) is 0 Å². The summed E-state index contributed by atoms with van der Waals surface area (Å²) in [5, 5.41) is 2.14. The summed E-state index contributed by atoms with van der Waals surface area (Å²) in [6.45, 7) is -0.536. The van der Waals surface area contributed by atoms with Gasteiger partial charge in [-0.2, -0.15) is 13.2 Å². The fourth-order valence-electron chi connectivity index (χ4n) is 5.30. The largest absolute Gasteiger partial charge is 0.416 e. The number of hydrogen-bond acceptors (Lipinski definition) is 6. The lowest BCUT2D eigenvalue weighted by molar-refractivity contribution is -0.137. The summed E-state index contributed by atoms with van der Waals surface area (Å²) in [4.78, 5) is 54.9. The molecule has 0 bridgehead atoms. The number of benzene rings is 3. The van der Waals surface area contributed by atoms with Crippen LogP contribution in [0.4, 0.5) is 24.5 Å². The van der Waals surface area contributed by atoms with Crippen LogP contribution in [0.2, 0.25) is 10.0 Å². The number of amides is 3. The zero-order valence-corrected chi connectivity index (χ0v) is 24.7. The van der Waals surface area contributed by atoms with Crippen LogP contribution in [0.25, 0.3) is 0 Å². The average Bonchev–Trinajstić information content (AvgIpc) is 3.41. The molecule has 0 saturated carbocycles. The topological polar surface area (TPSA) is 88.5 Å². The van der Waals surface area contributed by atoms with Gasteiger partial charge in [-0.15, -0.1) is 0 Å². The first-order valence-corrected chi connectivity index (χ1v) is 15.1. The lowest BCUT2D eigenvalue weighted by Gasteiger charge is -2.31. The summed E-state index contributed by atoms with van der Waals surface area (Å²) in [5.41, 5.74) is -0.192. The van der Waals surface area contributed by atoms with Crippen LogP contribution in [-0.2, 0) is 27.1 Å². The molecule has 7 nitrogen and oxygen atoms in total. The molecule has 6 rings (SSSR count). The Morgan fingerprint density at radius 2 is 1.65 bits per heavy atom. The molecular weight excluding hydrogens is 646 g/mol. The maximum atomic E-state index is 13.9. The number of rotatable bonds is 5. The molecule has 0 spiro atoms. The molecule has 43 heavy (non-hydrogen) atoms. The summed E-state index contributed by atoms with van der Waals surface area (Å²) < 4.78 is 40.6. The van der Waals surface area contributed by atoms with Gasteiger partial charge in [0.15, 0.2) is 0 Å². The molecule has 1 N–H and O–H groups in total. The van der Waals surface area contributed by atoms with Gasteiger partial charge in [-0.3, -0.25) is 23.7 Å². The van der Waals surface area contributed by atoms with E-state index in [0.29, 0.717) is 21.2 Å². The van der Waals surface area contributed by atoms with E-state index in [1.165, 1.54) is 6.07 Å². The van der Waals surface area contributed by atoms with E-state index in [2.05, 4.69) is 5.32 Å². The second-order valence-electron chi connectivity index (χ2n) is 9.78. The number of halogens is 5. The van der Waals surface area contributed by atoms with Crippen molar-refractivity contribution in [1.82, 2.24) is 4.57 Å². The Balaban J connectivity index is 1.40. The van der Waals surface area contributed by atoms with E-state index in [0.717, 1.165) is 50.8 Å². The highest BCUT2D eigenvalue weighted by Crippen LogP contribution is 2.55. The van der Waals surface area contributed by atoms with E-state index in [9.17, 15) is 32.3 Å². The Kier molecular flexibility index (Phi) is 7.66. The third-order valence-corrected chi connectivity index (χ3v) is 10.6. The predicted octanol–water partition coefficient (Wildman–Crippen LogP) is 6.67. The summed E-state index contributed by atoms with van der Waals surface area (Å²) in [5.74, 6) is -3.45. The van der Waals surface area contributed by atoms with Gasteiger partial charge in [0.25, 0.3) is 0 Å². The molecular formula is C29H18Cl2F3N3O4S2. The van der Waals surface area contributed by atoms with Gasteiger partial charge in [-0.25, -0.2) is 4.90 Å². The smallest absolute Gasteiger partial charge is 0.325 e. The number of anilines is 2. The van der Waals surface area contributed by atoms with Gasteiger partial charge in [0.1, 0.15) is 11.8 Å². The van der Waals surface area contributed by atoms with Gasteiger partial charge in [0.2, 0.25) is 17.7 Å². The number of thiazole rings is 1. The number of imide groups is 1. The van der Waals surface area contributed by atoms with Crippen molar-refractivity contribution in [1.29, 1.82) is 0 Å². The van der Waals surface area contributed by atoms with E-state index in [4.69, 9.17) is 23.2 Å². The van der Waals surface area contributed by atoms with Crippen LogP contribution in [0.15, 0.2) is 82.6 Å². The minimum atomic E-state index is -4.60. The van der Waals surface area contributed by atoms with Crippen molar-refractivity contribution in [3.63, 3.8) is 0 Å². The van der Waals surface area contributed by atoms with Crippen LogP contribution in [0.1, 0.15) is 21.9 Å². The number of carbonyl (C=O) groups is 3. The molecule has 0 aliphatic carbocycles. The quantitative estimate of drug-likeness (QED) is 0.241. The van der Waals surface area contributed by atoms with Crippen LogP contribution < -0.4 is 15.1 Å². The van der Waals surface area contributed by atoms with Gasteiger partial charge in [-0.1, -0.05) is 82.7 Å². The number of alkyl halides is 3. The van der Waals surface area contributed by atoms with Crippen molar-refractivity contribution in [2.24, 2.45) is 5.92 Å². The third-order valence-electron chi connectivity index (χ3n) is 7.16. The Hall–Kier alpha value is -3.58. The number of hydrogen-bond donors (Lipinski definition) is 1. The second-order valence-corrected chi connectivity index (χ2v) is 12.7. The van der Waals surface area contributed by atoms with Crippen molar-refractivity contribution in [2.45, 2.75) is 28.9 Å². The van der Waals surface area contributed by atoms with Crippen molar-refractivity contribution < 1.29 is 27.6 Å². The summed E-state index contributed by atoms with van der Waals surface area (Å²) in [6, 6.07) is 17.5. The van der Waals surface area contributed by atoms with Crippen LogP contribution in [0, 0.1) is 5.92 Å². The minimum Gasteiger partial charge on any atom is -0.325 e. The molecule has 2 aliphatic heterocycles. The van der Waals surface area contributed by atoms with Gasteiger partial charge in [0.05, 0.1) is 32.2 Å². The average molecular weight is 665 g/mol. The third kappa shape index (κ3) is 5.26. The van der Waals surface area contributed by atoms with Crippen molar-refractivity contribution in [3.05, 3.63) is 109 Å². The highest BCUT2D eigenvalue weighted by atomic mass is 35.5. The Labute approximate surface area is 260 Å². The van der Waals surface area contributed by atoms with Crippen LogP contribution >= 0.6 is 46.3 Å². The van der Waals surface area contributed by atoms with E-state index < -0.39 is 58.0 Å². The second kappa shape index (κ2) is 11.2. The number of fused-ring (bicyclic) bond motifs is 2. The minimum absolute atomic E-state index is 0.0941. The molecule has 3 heterocycles. The maximum Gasteiger partial charge on any atom is 0.416 e. The molecule has 1 fully saturated rings. The first-order chi connectivity index (χ1) is 20.5. The van der Waals surface area contributed by atoms with E-state index in [-0.39, 0.29) is 15.7 Å². The lowest BCUT2D eigenvalue weighted by atomic mass is 9.83. The Bertz CT molecular complexity index is 1840. The van der Waals surface area contributed by atoms with Crippen molar-refractivity contribution in [3.8, 4) is 0 Å². The van der Waals surface area contributed by atoms with E-state index >= 15 is 0 Å². The fraction of sp³-hybridized carbons (Fsp3) is 0.172. The Morgan fingerprint density at radius 1 is 0.930 bits per heavy atom. The summed E-state index contributed by atoms with van der Waals surface area (Å²) in [6.07, 6.45) is -4.60. The van der Waals surface area contributed by atoms with E-state index in [1.807, 2.05) is 0 Å². The highest BCUT2D eigenvalue weighted by molar-refractivity contribution is 8.00. The standard InChI is InChI=1S/C29H18Cl2F3N3O4S2/c30-18-11-5-10-17(22(18)31)20-21-23(26(40)37(25(21)39)16-8-2-1-3-9-16)42-27-24(20)43-28(41)36(27)13-19(38)35-15-7-4-6-14(12-15)29(32,33)34/h1-12,20-21,23H,13H2,(H,35,38)/t20-,21-,23+/m0/s1. The molecule has 3 atom stereocenters. The lowest BCUT2D eigenvalue weighted by Crippen LogP contribution is -2.33. The fourth-order valence-corrected chi connectivity index (χ4v) is 8.49. The molecule has 1 aromatic heterocycles. The molecule has 2 aliphatic rings. The van der Waals surface area contributed by atoms with Gasteiger partial charge in [-0.05, 0) is 42.0 Å². The highest BCUT2D eigenvalue weighted by Gasteiger charge is 2.57. The molecule has 0 radical (unpaired) electrons. The Morgan fingerprint density at radius 3 is 2.37 bits per heavy atom. The first-order valence-electron chi connectivity index (χ1n) is 12.7. The number of thioether (sulfide) groups is 1.